The van der Waals surface area contributed by atoms with Gasteiger partial charge in [-0.15, -0.1) is 0 Å². The summed E-state index contributed by atoms with van der Waals surface area (Å²) in [7, 11) is -3.78. The van der Waals surface area contributed by atoms with Crippen molar-refractivity contribution in [1.29, 1.82) is 0 Å². The van der Waals surface area contributed by atoms with Gasteiger partial charge in [-0.1, -0.05) is 24.3 Å². The molecule has 2 aliphatic rings. The maximum absolute atomic E-state index is 12.8. The monoisotopic (exact) mass is 486 g/mol. The van der Waals surface area contributed by atoms with E-state index in [1.54, 1.807) is 0 Å². The summed E-state index contributed by atoms with van der Waals surface area (Å²) < 4.78 is 32.2. The molecule has 0 radical (unpaired) electrons. The lowest BCUT2D eigenvalue weighted by molar-refractivity contribution is -0.122. The first-order valence-corrected chi connectivity index (χ1v) is 12.8. The quantitative estimate of drug-likeness (QED) is 0.604. The highest BCUT2D eigenvalue weighted by molar-refractivity contribution is 7.89. The lowest BCUT2D eigenvalue weighted by atomic mass is 10.1. The van der Waals surface area contributed by atoms with Crippen molar-refractivity contribution in [1.82, 2.24) is 19.8 Å². The number of rotatable bonds is 7. The summed E-state index contributed by atoms with van der Waals surface area (Å²) in [6.07, 6.45) is 0.233. The molecule has 4 rings (SSSR count). The van der Waals surface area contributed by atoms with Gasteiger partial charge in [-0.25, -0.2) is 8.42 Å². The molecule has 0 bridgehead atoms. The third-order valence-corrected chi connectivity index (χ3v) is 7.79. The molecule has 0 aliphatic carbocycles. The van der Waals surface area contributed by atoms with Crippen molar-refractivity contribution in [3.05, 3.63) is 65.2 Å². The van der Waals surface area contributed by atoms with E-state index in [1.807, 2.05) is 12.1 Å². The number of sulfonamides is 1. The number of piperazine rings is 1. The van der Waals surface area contributed by atoms with Crippen molar-refractivity contribution in [2.24, 2.45) is 0 Å². The van der Waals surface area contributed by atoms with E-state index in [2.05, 4.69) is 34.6 Å². The predicted octanol–water partition coefficient (Wildman–Crippen LogP) is 0.958. The second-order valence-corrected chi connectivity index (χ2v) is 10.6. The molecule has 1 atom stereocenters. The molecule has 2 amide bonds. The fourth-order valence-electron chi connectivity index (χ4n) is 4.16. The van der Waals surface area contributed by atoms with Crippen molar-refractivity contribution in [2.75, 3.05) is 39.3 Å². The second kappa shape index (κ2) is 10.6. The number of hydrogen-bond donors (Lipinski definition) is 2. The zero-order valence-corrected chi connectivity index (χ0v) is 20.0. The minimum absolute atomic E-state index is 0.0592. The van der Waals surface area contributed by atoms with Crippen LogP contribution in [-0.4, -0.2) is 74.9 Å². The van der Waals surface area contributed by atoms with E-state index in [1.165, 1.54) is 29.8 Å². The fraction of sp³-hybridized carbons (Fsp3) is 0.417. The van der Waals surface area contributed by atoms with Crippen LogP contribution in [0.15, 0.2) is 53.4 Å². The molecule has 1 unspecified atom stereocenters. The minimum atomic E-state index is -3.78. The number of benzene rings is 2. The van der Waals surface area contributed by atoms with Gasteiger partial charge in [0.15, 0.2) is 0 Å². The molecule has 182 valence electrons. The van der Waals surface area contributed by atoms with E-state index < -0.39 is 10.0 Å². The molecule has 2 aromatic carbocycles. The van der Waals surface area contributed by atoms with Crippen LogP contribution >= 0.6 is 0 Å². The van der Waals surface area contributed by atoms with E-state index in [4.69, 9.17) is 4.74 Å². The summed E-state index contributed by atoms with van der Waals surface area (Å²) in [5, 5.41) is 5.50. The Labute approximate surface area is 200 Å². The molecule has 0 saturated carbocycles. The number of hydrogen-bond acceptors (Lipinski definition) is 6. The van der Waals surface area contributed by atoms with Crippen LogP contribution in [0.4, 0.5) is 0 Å². The molecule has 2 aromatic rings. The predicted molar refractivity (Wildman–Crippen MR) is 127 cm³/mol. The van der Waals surface area contributed by atoms with E-state index in [0.29, 0.717) is 12.1 Å². The van der Waals surface area contributed by atoms with Gasteiger partial charge < -0.3 is 15.4 Å². The van der Waals surface area contributed by atoms with Crippen LogP contribution in [0.5, 0.6) is 0 Å². The van der Waals surface area contributed by atoms with Gasteiger partial charge in [0.05, 0.1) is 24.2 Å². The Balaban J connectivity index is 1.34. The molecule has 0 aromatic heterocycles. The van der Waals surface area contributed by atoms with Crippen molar-refractivity contribution in [2.45, 2.75) is 31.0 Å². The lowest BCUT2D eigenvalue weighted by Gasteiger charge is -2.31. The second-order valence-electron chi connectivity index (χ2n) is 8.63. The van der Waals surface area contributed by atoms with Crippen LogP contribution in [0.3, 0.4) is 0 Å². The molecule has 2 heterocycles. The summed E-state index contributed by atoms with van der Waals surface area (Å²) >= 11 is 0. The fourth-order valence-corrected chi connectivity index (χ4v) is 5.56. The first kappa shape index (κ1) is 24.3. The van der Waals surface area contributed by atoms with Crippen molar-refractivity contribution in [3.63, 3.8) is 0 Å². The van der Waals surface area contributed by atoms with Crippen LogP contribution in [0.25, 0.3) is 0 Å². The number of carbonyl (C=O) groups is 2. The summed E-state index contributed by atoms with van der Waals surface area (Å²) in [6, 6.07) is 13.9. The van der Waals surface area contributed by atoms with Crippen LogP contribution in [0.1, 0.15) is 28.4 Å². The third-order valence-electron chi connectivity index (χ3n) is 5.93. The zero-order chi connectivity index (χ0) is 24.1. The molecule has 2 aliphatic heterocycles. The van der Waals surface area contributed by atoms with E-state index in [-0.39, 0.29) is 42.4 Å². The van der Waals surface area contributed by atoms with Gasteiger partial charge in [0.2, 0.25) is 15.9 Å². The molecular weight excluding hydrogens is 456 g/mol. The van der Waals surface area contributed by atoms with Gasteiger partial charge in [-0.05, 0) is 42.3 Å². The molecule has 2 saturated heterocycles. The number of nitrogens with one attached hydrogen (secondary N) is 2. The SMILES string of the molecule is CC1CN(Cc2cccc(CNC(=O)c3ccc(S(=O)(=O)N4CCNC(=O)C4)cc3)c2)CCO1. The zero-order valence-electron chi connectivity index (χ0n) is 19.2. The smallest absolute Gasteiger partial charge is 0.251 e. The Morgan fingerprint density at radius 2 is 1.91 bits per heavy atom. The van der Waals surface area contributed by atoms with Gasteiger partial charge in [0.25, 0.3) is 5.91 Å². The topological polar surface area (TPSA) is 108 Å². The number of carbonyl (C=O) groups excluding carboxylic acids is 2. The molecule has 2 fully saturated rings. The van der Waals surface area contributed by atoms with Crippen LogP contribution in [-0.2, 0) is 32.6 Å². The van der Waals surface area contributed by atoms with Crippen LogP contribution in [0.2, 0.25) is 0 Å². The third kappa shape index (κ3) is 6.01. The maximum atomic E-state index is 12.8. The van der Waals surface area contributed by atoms with E-state index in [9.17, 15) is 18.0 Å². The van der Waals surface area contributed by atoms with Gasteiger partial charge in [0.1, 0.15) is 0 Å². The molecule has 0 spiro atoms. The van der Waals surface area contributed by atoms with E-state index in [0.717, 1.165) is 36.1 Å². The average Bonchev–Trinajstić information content (AvgIpc) is 2.83. The average molecular weight is 487 g/mol. The summed E-state index contributed by atoms with van der Waals surface area (Å²) in [6.45, 7) is 6.13. The normalized spacial score (nSPS) is 20.0. The van der Waals surface area contributed by atoms with Crippen molar-refractivity contribution in [3.8, 4) is 0 Å². The first-order chi connectivity index (χ1) is 16.3. The van der Waals surface area contributed by atoms with Crippen LogP contribution in [0, 0.1) is 0 Å². The first-order valence-electron chi connectivity index (χ1n) is 11.4. The van der Waals surface area contributed by atoms with Gasteiger partial charge in [0, 0.05) is 44.8 Å². The molecule has 2 N–H and O–H groups in total. The summed E-state index contributed by atoms with van der Waals surface area (Å²) in [5.41, 5.74) is 2.55. The Kier molecular flexibility index (Phi) is 7.62. The number of ether oxygens (including phenoxy) is 1. The molecule has 10 heteroatoms. The van der Waals surface area contributed by atoms with Gasteiger partial charge in [-0.3, -0.25) is 14.5 Å². The number of amides is 2. The molecule has 9 nitrogen and oxygen atoms in total. The number of morpholine rings is 1. The van der Waals surface area contributed by atoms with Gasteiger partial charge >= 0.3 is 0 Å². The maximum Gasteiger partial charge on any atom is 0.251 e. The summed E-state index contributed by atoms with van der Waals surface area (Å²) in [4.78, 5) is 26.6. The highest BCUT2D eigenvalue weighted by Crippen LogP contribution is 2.17. The van der Waals surface area contributed by atoms with Crippen molar-refractivity contribution >= 4 is 21.8 Å². The standard InChI is InChI=1S/C24H30N4O5S/c1-18-15-27(11-12-33-18)16-20-4-2-3-19(13-20)14-26-24(30)21-5-7-22(8-6-21)34(31,32)28-10-9-25-23(29)17-28/h2-8,13,18H,9-12,14-17H2,1H3,(H,25,29)(H,26,30). The van der Waals surface area contributed by atoms with Gasteiger partial charge in [-0.2, -0.15) is 4.31 Å². The highest BCUT2D eigenvalue weighted by Gasteiger charge is 2.29. The Bertz CT molecular complexity index is 1140. The highest BCUT2D eigenvalue weighted by atomic mass is 32.2. The molecule has 34 heavy (non-hydrogen) atoms. The van der Waals surface area contributed by atoms with Crippen molar-refractivity contribution < 1.29 is 22.7 Å². The molecular formula is C24H30N4O5S. The Hall–Kier alpha value is -2.79. The van der Waals surface area contributed by atoms with Crippen LogP contribution < -0.4 is 10.6 Å². The lowest BCUT2D eigenvalue weighted by Crippen LogP contribution is -2.49. The number of nitrogens with zero attached hydrogens (tertiary/aromatic N) is 2. The Morgan fingerprint density at radius 1 is 1.15 bits per heavy atom. The largest absolute Gasteiger partial charge is 0.376 e. The van der Waals surface area contributed by atoms with E-state index >= 15 is 0 Å². The minimum Gasteiger partial charge on any atom is -0.376 e. The Morgan fingerprint density at radius 3 is 2.65 bits per heavy atom. The summed E-state index contributed by atoms with van der Waals surface area (Å²) in [5.74, 6) is -0.608.